The van der Waals surface area contributed by atoms with E-state index in [9.17, 15) is 9.59 Å². The summed E-state index contributed by atoms with van der Waals surface area (Å²) in [6.07, 6.45) is 0. The van der Waals surface area contributed by atoms with Crippen LogP contribution in [-0.4, -0.2) is 26.6 Å². The zero-order valence-electron chi connectivity index (χ0n) is 15.3. The molecule has 1 aromatic carbocycles. The predicted molar refractivity (Wildman–Crippen MR) is 101 cm³/mol. The fourth-order valence-electron chi connectivity index (χ4n) is 2.92. The third kappa shape index (κ3) is 3.42. The van der Waals surface area contributed by atoms with E-state index in [2.05, 4.69) is 20.7 Å². The van der Waals surface area contributed by atoms with E-state index in [1.807, 2.05) is 20.8 Å². The molecule has 0 unspecified atom stereocenters. The Labute approximate surface area is 151 Å². The molecular weight excluding hydrogens is 330 g/mol. The smallest absolute Gasteiger partial charge is 0.256 e. The highest BCUT2D eigenvalue weighted by Gasteiger charge is 2.18. The van der Waals surface area contributed by atoms with Gasteiger partial charge in [-0.3, -0.25) is 9.59 Å². The first-order valence-corrected chi connectivity index (χ1v) is 8.42. The molecule has 0 saturated heterocycles. The van der Waals surface area contributed by atoms with Crippen LogP contribution in [0.25, 0.3) is 11.0 Å². The highest BCUT2D eigenvalue weighted by atomic mass is 16.2. The number of rotatable bonds is 4. The van der Waals surface area contributed by atoms with Crippen molar-refractivity contribution in [2.75, 3.05) is 10.6 Å². The molecule has 0 atom stereocenters. The number of pyridine rings is 1. The molecule has 0 aliphatic heterocycles. The summed E-state index contributed by atoms with van der Waals surface area (Å²) in [5.41, 5.74) is 4.13. The highest BCUT2D eigenvalue weighted by molar-refractivity contribution is 6.12. The lowest BCUT2D eigenvalue weighted by Crippen LogP contribution is -2.13. The minimum Gasteiger partial charge on any atom is -0.326 e. The van der Waals surface area contributed by atoms with Crippen molar-refractivity contribution in [1.29, 1.82) is 0 Å². The second-order valence-corrected chi connectivity index (χ2v) is 6.12. The van der Waals surface area contributed by atoms with Crippen molar-refractivity contribution >= 4 is 34.2 Å². The van der Waals surface area contributed by atoms with Crippen LogP contribution in [0, 0.1) is 13.8 Å². The van der Waals surface area contributed by atoms with Crippen molar-refractivity contribution in [3.8, 4) is 0 Å². The van der Waals surface area contributed by atoms with Gasteiger partial charge in [0.05, 0.1) is 16.6 Å². The van der Waals surface area contributed by atoms with Crippen LogP contribution in [0.2, 0.25) is 0 Å². The van der Waals surface area contributed by atoms with Crippen LogP contribution in [0.5, 0.6) is 0 Å². The van der Waals surface area contributed by atoms with E-state index in [1.54, 1.807) is 35.0 Å². The van der Waals surface area contributed by atoms with E-state index in [4.69, 9.17) is 0 Å². The van der Waals surface area contributed by atoms with Gasteiger partial charge in [-0.25, -0.2) is 9.67 Å². The molecule has 0 aliphatic carbocycles. The van der Waals surface area contributed by atoms with E-state index >= 15 is 0 Å². The Bertz CT molecular complexity index is 989. The molecule has 0 bridgehead atoms. The van der Waals surface area contributed by atoms with Crippen LogP contribution in [0.4, 0.5) is 11.4 Å². The molecule has 0 fully saturated rings. The van der Waals surface area contributed by atoms with Crippen molar-refractivity contribution in [1.82, 2.24) is 14.8 Å². The van der Waals surface area contributed by atoms with E-state index in [-0.39, 0.29) is 11.8 Å². The minimum atomic E-state index is -0.216. The zero-order valence-corrected chi connectivity index (χ0v) is 15.3. The summed E-state index contributed by atoms with van der Waals surface area (Å²) in [5.74, 6) is -0.355. The highest BCUT2D eigenvalue weighted by Crippen LogP contribution is 2.23. The molecule has 2 heterocycles. The topological polar surface area (TPSA) is 88.9 Å². The zero-order chi connectivity index (χ0) is 18.8. The van der Waals surface area contributed by atoms with Gasteiger partial charge in [-0.15, -0.1) is 0 Å². The SMILES string of the molecule is CCn1nc(C)c2c(C(=O)Nc3ccc(NC(C)=O)cc3)cc(C)nc21. The lowest BCUT2D eigenvalue weighted by atomic mass is 10.1. The van der Waals surface area contributed by atoms with Gasteiger partial charge in [0.1, 0.15) is 0 Å². The van der Waals surface area contributed by atoms with Gasteiger partial charge < -0.3 is 10.6 Å². The number of nitrogens with zero attached hydrogens (tertiary/aromatic N) is 3. The molecule has 2 amide bonds. The molecule has 0 spiro atoms. The van der Waals surface area contributed by atoms with Gasteiger partial charge in [-0.2, -0.15) is 5.10 Å². The van der Waals surface area contributed by atoms with Crippen molar-refractivity contribution in [3.05, 3.63) is 47.3 Å². The van der Waals surface area contributed by atoms with Crippen molar-refractivity contribution in [3.63, 3.8) is 0 Å². The number of aryl methyl sites for hydroxylation is 3. The number of benzene rings is 1. The lowest BCUT2D eigenvalue weighted by Gasteiger charge is -2.09. The largest absolute Gasteiger partial charge is 0.326 e. The Kier molecular flexibility index (Phi) is 4.71. The number of carbonyl (C=O) groups is 2. The number of carbonyl (C=O) groups excluding carboxylic acids is 2. The van der Waals surface area contributed by atoms with Crippen LogP contribution in [0.3, 0.4) is 0 Å². The van der Waals surface area contributed by atoms with E-state index in [0.29, 0.717) is 23.5 Å². The Hall–Kier alpha value is -3.22. The molecule has 26 heavy (non-hydrogen) atoms. The standard InChI is InChI=1S/C19H21N5O2/c1-5-24-18-17(12(3)23-24)16(10-11(2)20-18)19(26)22-15-8-6-14(7-9-15)21-13(4)25/h6-10H,5H2,1-4H3,(H,21,25)(H,22,26). The summed E-state index contributed by atoms with van der Waals surface area (Å²) < 4.78 is 1.80. The second-order valence-electron chi connectivity index (χ2n) is 6.12. The van der Waals surface area contributed by atoms with Crippen molar-refractivity contribution in [2.45, 2.75) is 34.2 Å². The lowest BCUT2D eigenvalue weighted by molar-refractivity contribution is -0.114. The second kappa shape index (κ2) is 6.95. The molecular formula is C19H21N5O2. The Morgan fingerprint density at radius 2 is 1.69 bits per heavy atom. The Balaban J connectivity index is 1.93. The number of hydrogen-bond donors (Lipinski definition) is 2. The third-order valence-electron chi connectivity index (χ3n) is 4.01. The maximum absolute atomic E-state index is 12.8. The van der Waals surface area contributed by atoms with Crippen LogP contribution in [0.1, 0.15) is 35.6 Å². The normalized spacial score (nSPS) is 10.8. The fraction of sp³-hybridized carbons (Fsp3) is 0.263. The number of anilines is 2. The Morgan fingerprint density at radius 3 is 2.27 bits per heavy atom. The molecule has 0 aliphatic rings. The van der Waals surface area contributed by atoms with E-state index < -0.39 is 0 Å². The van der Waals surface area contributed by atoms with Crippen LogP contribution in [-0.2, 0) is 11.3 Å². The first-order chi connectivity index (χ1) is 12.4. The van der Waals surface area contributed by atoms with Gasteiger partial charge in [-0.05, 0) is 51.1 Å². The van der Waals surface area contributed by atoms with Crippen molar-refractivity contribution < 1.29 is 9.59 Å². The van der Waals surface area contributed by atoms with Crippen LogP contribution >= 0.6 is 0 Å². The van der Waals surface area contributed by atoms with Gasteiger partial charge in [-0.1, -0.05) is 0 Å². The molecule has 0 radical (unpaired) electrons. The summed E-state index contributed by atoms with van der Waals surface area (Å²) in [5, 5.41) is 10.8. The number of nitrogens with one attached hydrogen (secondary N) is 2. The van der Waals surface area contributed by atoms with E-state index in [0.717, 1.165) is 22.4 Å². The summed E-state index contributed by atoms with van der Waals surface area (Å²) in [4.78, 5) is 28.5. The molecule has 3 aromatic rings. The number of hydrogen-bond acceptors (Lipinski definition) is 4. The average molecular weight is 351 g/mol. The molecule has 2 aromatic heterocycles. The Morgan fingerprint density at radius 1 is 1.08 bits per heavy atom. The summed E-state index contributed by atoms with van der Waals surface area (Å²) >= 11 is 0. The molecule has 7 nitrogen and oxygen atoms in total. The van der Waals surface area contributed by atoms with Crippen molar-refractivity contribution in [2.24, 2.45) is 0 Å². The van der Waals surface area contributed by atoms with Gasteiger partial charge >= 0.3 is 0 Å². The quantitative estimate of drug-likeness (QED) is 0.755. The number of fused-ring (bicyclic) bond motifs is 1. The molecule has 2 N–H and O–H groups in total. The molecule has 0 saturated carbocycles. The maximum Gasteiger partial charge on any atom is 0.256 e. The first-order valence-electron chi connectivity index (χ1n) is 8.42. The van der Waals surface area contributed by atoms with Gasteiger partial charge in [0.2, 0.25) is 5.91 Å². The third-order valence-corrected chi connectivity index (χ3v) is 4.01. The van der Waals surface area contributed by atoms with Gasteiger partial charge in [0.15, 0.2) is 5.65 Å². The van der Waals surface area contributed by atoms with Crippen LogP contribution in [0.15, 0.2) is 30.3 Å². The van der Waals surface area contributed by atoms with Gasteiger partial charge in [0.25, 0.3) is 5.91 Å². The average Bonchev–Trinajstić information content (AvgIpc) is 2.91. The number of aromatic nitrogens is 3. The first kappa shape index (κ1) is 17.6. The van der Waals surface area contributed by atoms with Gasteiger partial charge in [0, 0.05) is 30.5 Å². The molecule has 134 valence electrons. The molecule has 3 rings (SSSR count). The maximum atomic E-state index is 12.8. The monoisotopic (exact) mass is 351 g/mol. The predicted octanol–water partition coefficient (Wildman–Crippen LogP) is 3.28. The molecule has 7 heteroatoms. The van der Waals surface area contributed by atoms with Crippen LogP contribution < -0.4 is 10.6 Å². The minimum absolute atomic E-state index is 0.139. The summed E-state index contributed by atoms with van der Waals surface area (Å²) in [6, 6.07) is 8.75. The summed E-state index contributed by atoms with van der Waals surface area (Å²) in [7, 11) is 0. The van der Waals surface area contributed by atoms with E-state index in [1.165, 1.54) is 6.92 Å². The summed E-state index contributed by atoms with van der Waals surface area (Å²) in [6.45, 7) is 7.87. The fourth-order valence-corrected chi connectivity index (χ4v) is 2.92. The number of amides is 2.